The second kappa shape index (κ2) is 8.87. The first kappa shape index (κ1) is 27.0. The number of allylic oxidation sites excluding steroid dienone is 1. The smallest absolute Gasteiger partial charge is 0.373 e. The number of halogens is 13. The maximum absolute atomic E-state index is 13.5. The van der Waals surface area contributed by atoms with Crippen molar-refractivity contribution in [1.29, 1.82) is 0 Å². The summed E-state index contributed by atoms with van der Waals surface area (Å²) < 4.78 is 173. The zero-order valence-corrected chi connectivity index (χ0v) is 15.0. The Morgan fingerprint density at radius 3 is 1.58 bits per heavy atom. The summed E-state index contributed by atoms with van der Waals surface area (Å²) in [5, 5.41) is 0. The van der Waals surface area contributed by atoms with Crippen molar-refractivity contribution in [2.24, 2.45) is 0 Å². The van der Waals surface area contributed by atoms with Crippen LogP contribution in [0.25, 0.3) is 0 Å². The Labute approximate surface area is 166 Å². The summed E-state index contributed by atoms with van der Waals surface area (Å²) >= 11 is 0. The van der Waals surface area contributed by atoms with Gasteiger partial charge in [0.05, 0.1) is 13.2 Å². The normalized spacial score (nSPS) is 15.0. The van der Waals surface area contributed by atoms with Gasteiger partial charge in [0.2, 0.25) is 0 Å². The van der Waals surface area contributed by atoms with Gasteiger partial charge in [-0.25, -0.2) is 0 Å². The van der Waals surface area contributed by atoms with Crippen LogP contribution in [0.4, 0.5) is 57.1 Å². The highest BCUT2D eigenvalue weighted by Gasteiger charge is 2.90. The molecule has 31 heavy (non-hydrogen) atoms. The van der Waals surface area contributed by atoms with Crippen molar-refractivity contribution in [1.82, 2.24) is 0 Å². The summed E-state index contributed by atoms with van der Waals surface area (Å²) in [5.41, 5.74) is 0.611. The highest BCUT2D eigenvalue weighted by Crippen LogP contribution is 2.60. The lowest BCUT2D eigenvalue weighted by molar-refractivity contribution is -0.439. The standard InChI is InChI=1S/C17H13F13O/c18-12(19,8-4-5-9-31-10-11-6-2-1-3-7-11)13(20,21)14(22,23)15(24,25)16(26,27)17(28,29)30/h1-7H,8-10H2/b5-4+. The molecule has 0 fully saturated rings. The van der Waals surface area contributed by atoms with Crippen LogP contribution in [-0.2, 0) is 11.3 Å². The van der Waals surface area contributed by atoms with Gasteiger partial charge in [0.1, 0.15) is 0 Å². The third kappa shape index (κ3) is 5.09. The van der Waals surface area contributed by atoms with Crippen molar-refractivity contribution in [2.75, 3.05) is 6.61 Å². The first-order valence-electron chi connectivity index (χ1n) is 8.05. The van der Waals surface area contributed by atoms with E-state index < -0.39 is 48.8 Å². The first-order chi connectivity index (χ1) is 13.8. The molecule has 0 saturated heterocycles. The summed E-state index contributed by atoms with van der Waals surface area (Å²) in [6.07, 6.45) is -9.07. The molecule has 0 aromatic heterocycles. The first-order valence-corrected chi connectivity index (χ1v) is 8.05. The number of alkyl halides is 13. The molecule has 1 rings (SSSR count). The van der Waals surface area contributed by atoms with Crippen molar-refractivity contribution < 1.29 is 61.8 Å². The van der Waals surface area contributed by atoms with E-state index in [0.29, 0.717) is 11.6 Å². The zero-order valence-electron chi connectivity index (χ0n) is 15.0. The van der Waals surface area contributed by atoms with Crippen molar-refractivity contribution in [3.05, 3.63) is 48.0 Å². The summed E-state index contributed by atoms with van der Waals surface area (Å²) in [6.45, 7) is -0.593. The molecule has 0 aliphatic heterocycles. The molecule has 14 heteroatoms. The summed E-state index contributed by atoms with van der Waals surface area (Å²) in [5.74, 6) is -36.7. The van der Waals surface area contributed by atoms with E-state index in [9.17, 15) is 57.1 Å². The third-order valence-electron chi connectivity index (χ3n) is 3.86. The van der Waals surface area contributed by atoms with Crippen molar-refractivity contribution in [3.63, 3.8) is 0 Å². The molecule has 0 heterocycles. The molecule has 0 spiro atoms. The van der Waals surface area contributed by atoms with Crippen LogP contribution in [-0.4, -0.2) is 42.4 Å². The Bertz CT molecular complexity index is 738. The lowest BCUT2D eigenvalue weighted by atomic mass is 9.92. The highest BCUT2D eigenvalue weighted by atomic mass is 19.4. The molecule has 1 aromatic rings. The van der Waals surface area contributed by atoms with Crippen LogP contribution in [0.1, 0.15) is 12.0 Å². The summed E-state index contributed by atoms with van der Waals surface area (Å²) in [6, 6.07) is 8.09. The third-order valence-corrected chi connectivity index (χ3v) is 3.86. The molecule has 1 aromatic carbocycles. The highest BCUT2D eigenvalue weighted by molar-refractivity contribution is 5.13. The minimum Gasteiger partial charge on any atom is -0.373 e. The van der Waals surface area contributed by atoms with E-state index >= 15 is 0 Å². The molecular formula is C17H13F13O. The molecule has 0 aliphatic carbocycles. The molecule has 0 N–H and O–H groups in total. The average molecular weight is 480 g/mol. The van der Waals surface area contributed by atoms with E-state index in [1.54, 1.807) is 30.3 Å². The SMILES string of the molecule is FC(F)(F)C(F)(F)C(F)(F)C(F)(F)C(F)(F)C(F)(F)C/C=C/COCc1ccccc1. The van der Waals surface area contributed by atoms with E-state index in [-0.39, 0.29) is 12.7 Å². The molecule has 0 bridgehead atoms. The maximum atomic E-state index is 13.5. The van der Waals surface area contributed by atoms with Gasteiger partial charge in [-0.05, 0) is 5.56 Å². The van der Waals surface area contributed by atoms with Crippen molar-refractivity contribution in [3.8, 4) is 0 Å². The van der Waals surface area contributed by atoms with Gasteiger partial charge in [-0.2, -0.15) is 57.1 Å². The fraction of sp³-hybridized carbons (Fsp3) is 0.529. The predicted molar refractivity (Wildman–Crippen MR) is 80.6 cm³/mol. The minimum absolute atomic E-state index is 0.0749. The van der Waals surface area contributed by atoms with Crippen LogP contribution >= 0.6 is 0 Å². The van der Waals surface area contributed by atoms with E-state index in [4.69, 9.17) is 4.74 Å². The van der Waals surface area contributed by atoms with Gasteiger partial charge >= 0.3 is 35.8 Å². The second-order valence-corrected chi connectivity index (χ2v) is 6.18. The molecular weight excluding hydrogens is 467 g/mol. The van der Waals surface area contributed by atoms with Gasteiger partial charge in [-0.3, -0.25) is 0 Å². The fourth-order valence-electron chi connectivity index (χ4n) is 2.05. The zero-order chi connectivity index (χ0) is 24.4. The van der Waals surface area contributed by atoms with Crippen LogP contribution in [0.15, 0.2) is 42.5 Å². The number of ether oxygens (including phenoxy) is 1. The van der Waals surface area contributed by atoms with Gasteiger partial charge in [0, 0.05) is 6.42 Å². The fourth-order valence-corrected chi connectivity index (χ4v) is 2.05. The topological polar surface area (TPSA) is 9.23 Å². The minimum atomic E-state index is -7.88. The molecule has 0 unspecified atom stereocenters. The largest absolute Gasteiger partial charge is 0.460 e. The van der Waals surface area contributed by atoms with E-state index in [2.05, 4.69) is 0 Å². The molecule has 1 nitrogen and oxygen atoms in total. The number of benzene rings is 1. The van der Waals surface area contributed by atoms with E-state index in [1.165, 1.54) is 0 Å². The van der Waals surface area contributed by atoms with Crippen LogP contribution < -0.4 is 0 Å². The van der Waals surface area contributed by atoms with Crippen LogP contribution in [0.2, 0.25) is 0 Å². The Morgan fingerprint density at radius 2 is 1.10 bits per heavy atom. The van der Waals surface area contributed by atoms with Gasteiger partial charge in [0.15, 0.2) is 0 Å². The predicted octanol–water partition coefficient (Wildman–Crippen LogP) is 6.89. The van der Waals surface area contributed by atoms with Crippen LogP contribution in [0.5, 0.6) is 0 Å². The van der Waals surface area contributed by atoms with Crippen LogP contribution in [0.3, 0.4) is 0 Å². The Morgan fingerprint density at radius 1 is 0.613 bits per heavy atom. The second-order valence-electron chi connectivity index (χ2n) is 6.18. The van der Waals surface area contributed by atoms with Crippen LogP contribution in [0, 0.1) is 0 Å². The maximum Gasteiger partial charge on any atom is 0.460 e. The summed E-state index contributed by atoms with van der Waals surface area (Å²) in [4.78, 5) is 0. The van der Waals surface area contributed by atoms with Gasteiger partial charge in [-0.1, -0.05) is 42.5 Å². The number of hydrogen-bond donors (Lipinski definition) is 0. The average Bonchev–Trinajstić information content (AvgIpc) is 2.63. The molecule has 0 amide bonds. The molecule has 0 radical (unpaired) electrons. The van der Waals surface area contributed by atoms with E-state index in [1.807, 2.05) is 0 Å². The van der Waals surface area contributed by atoms with Gasteiger partial charge < -0.3 is 4.74 Å². The summed E-state index contributed by atoms with van der Waals surface area (Å²) in [7, 11) is 0. The number of hydrogen-bond acceptors (Lipinski definition) is 1. The monoisotopic (exact) mass is 480 g/mol. The van der Waals surface area contributed by atoms with Crippen molar-refractivity contribution >= 4 is 0 Å². The quantitative estimate of drug-likeness (QED) is 0.201. The molecule has 0 atom stereocenters. The molecule has 178 valence electrons. The molecule has 0 aliphatic rings. The van der Waals surface area contributed by atoms with E-state index in [0.717, 1.165) is 0 Å². The van der Waals surface area contributed by atoms with Crippen molar-refractivity contribution in [2.45, 2.75) is 48.8 Å². The Kier molecular flexibility index (Phi) is 7.73. The number of rotatable bonds is 10. The molecule has 0 saturated carbocycles. The Hall–Kier alpha value is -1.99. The van der Waals surface area contributed by atoms with Gasteiger partial charge in [-0.15, -0.1) is 0 Å². The lowest BCUT2D eigenvalue weighted by Crippen LogP contribution is -2.70. The van der Waals surface area contributed by atoms with Gasteiger partial charge in [0.25, 0.3) is 0 Å². The Balaban J connectivity index is 2.91. The lowest BCUT2D eigenvalue weighted by Gasteiger charge is -2.39.